The van der Waals surface area contributed by atoms with Crippen molar-refractivity contribution in [3.8, 4) is 0 Å². The number of halogens is 4. The van der Waals surface area contributed by atoms with E-state index < -0.39 is 18.4 Å². The van der Waals surface area contributed by atoms with Gasteiger partial charge in [0.25, 0.3) is 0 Å². The summed E-state index contributed by atoms with van der Waals surface area (Å²) in [5, 5.41) is 7.40. The molecule has 0 bridgehead atoms. The van der Waals surface area contributed by atoms with Crippen LogP contribution in [0.15, 0.2) is 22.6 Å². The smallest absolute Gasteiger partial charge is 0.389 e. The van der Waals surface area contributed by atoms with Gasteiger partial charge in [0, 0.05) is 26.2 Å². The first-order valence-corrected chi connectivity index (χ1v) is 6.31. The summed E-state index contributed by atoms with van der Waals surface area (Å²) in [6.07, 6.45) is -3.59. The Balaban J connectivity index is 2.01. The van der Waals surface area contributed by atoms with Gasteiger partial charge in [-0.2, -0.15) is 13.2 Å². The molecule has 7 heteroatoms. The van der Waals surface area contributed by atoms with E-state index in [9.17, 15) is 17.6 Å². The highest BCUT2D eigenvalue weighted by Crippen LogP contribution is 2.23. The van der Waals surface area contributed by atoms with Crippen molar-refractivity contribution in [2.75, 3.05) is 0 Å². The lowest BCUT2D eigenvalue weighted by molar-refractivity contribution is -0.133. The van der Waals surface area contributed by atoms with Gasteiger partial charge in [-0.05, 0) is 23.6 Å². The van der Waals surface area contributed by atoms with E-state index >= 15 is 0 Å². The lowest BCUT2D eigenvalue weighted by atomic mass is 10.0. The van der Waals surface area contributed by atoms with E-state index in [2.05, 4.69) is 10.2 Å². The van der Waals surface area contributed by atoms with Crippen LogP contribution in [0.5, 0.6) is 0 Å². The second-order valence-corrected chi connectivity index (χ2v) is 4.59. The number of hydrogen-bond acceptors (Lipinski definition) is 3. The van der Waals surface area contributed by atoms with E-state index in [0.717, 1.165) is 6.07 Å². The van der Waals surface area contributed by atoms with Crippen molar-refractivity contribution in [1.82, 2.24) is 10.2 Å². The summed E-state index contributed by atoms with van der Waals surface area (Å²) >= 11 is 0. The van der Waals surface area contributed by atoms with Crippen LogP contribution in [0.2, 0.25) is 0 Å². The zero-order valence-electron chi connectivity index (χ0n) is 11.2. The van der Waals surface area contributed by atoms with Crippen LogP contribution in [0.4, 0.5) is 17.6 Å². The van der Waals surface area contributed by atoms with Crippen molar-refractivity contribution in [2.24, 2.45) is 0 Å². The second-order valence-electron chi connectivity index (χ2n) is 4.59. The summed E-state index contributed by atoms with van der Waals surface area (Å²) in [5.74, 6) is 0.229. The molecule has 1 aromatic heterocycles. The van der Waals surface area contributed by atoms with Gasteiger partial charge in [0.2, 0.25) is 11.8 Å². The minimum atomic E-state index is -4.22. The Bertz CT molecular complexity index is 607. The van der Waals surface area contributed by atoms with Crippen LogP contribution in [0.1, 0.15) is 29.3 Å². The number of aromatic nitrogens is 2. The Morgan fingerprint density at radius 3 is 2.62 bits per heavy atom. The molecule has 0 amide bonds. The normalized spacial score (nSPS) is 11.9. The number of rotatable bonds is 5. The van der Waals surface area contributed by atoms with Gasteiger partial charge in [-0.3, -0.25) is 0 Å². The predicted octanol–water partition coefficient (Wildman–Crippen LogP) is 3.81. The van der Waals surface area contributed by atoms with Gasteiger partial charge in [0.1, 0.15) is 5.82 Å². The third-order valence-corrected chi connectivity index (χ3v) is 2.82. The van der Waals surface area contributed by atoms with Crippen molar-refractivity contribution in [3.63, 3.8) is 0 Å². The molecule has 0 N–H and O–H groups in total. The molecule has 0 fully saturated rings. The summed E-state index contributed by atoms with van der Waals surface area (Å²) < 4.78 is 55.3. The third-order valence-electron chi connectivity index (χ3n) is 2.82. The van der Waals surface area contributed by atoms with Crippen molar-refractivity contribution >= 4 is 0 Å². The molecule has 113 valence electrons. The Kier molecular flexibility index (Phi) is 4.59. The predicted molar refractivity (Wildman–Crippen MR) is 66.9 cm³/mol. The van der Waals surface area contributed by atoms with E-state index in [0.29, 0.717) is 17.3 Å². The summed E-state index contributed by atoms with van der Waals surface area (Å²) in [5.41, 5.74) is 0.659. The van der Waals surface area contributed by atoms with Crippen molar-refractivity contribution in [1.29, 1.82) is 0 Å². The topological polar surface area (TPSA) is 38.9 Å². The molecule has 0 saturated heterocycles. The Hall–Kier alpha value is -1.92. The summed E-state index contributed by atoms with van der Waals surface area (Å²) in [6.45, 7) is 1.63. The summed E-state index contributed by atoms with van der Waals surface area (Å²) in [6, 6.07) is 3.93. The molecular formula is C14H13F4N2O. The minimum Gasteiger partial charge on any atom is -0.426 e. The van der Waals surface area contributed by atoms with Crippen molar-refractivity contribution in [2.45, 2.75) is 32.4 Å². The number of benzene rings is 1. The van der Waals surface area contributed by atoms with Gasteiger partial charge in [-0.1, -0.05) is 12.1 Å². The molecular weight excluding hydrogens is 288 g/mol. The molecule has 1 radical (unpaired) electrons. The Morgan fingerprint density at radius 1 is 1.24 bits per heavy atom. The molecule has 0 aliphatic rings. The van der Waals surface area contributed by atoms with E-state index in [4.69, 9.17) is 4.42 Å². The molecule has 0 atom stereocenters. The number of aryl methyl sites for hydroxylation is 2. The standard InChI is InChI=1S/C14H13F4N2O/c1-9-19-20-13(21-9)5-3-11-8-10(2-4-12(11)15)6-7-14(16,17)18/h2-4,8H,5-7H2,1H3. The molecule has 0 spiro atoms. The van der Waals surface area contributed by atoms with Crippen LogP contribution in [-0.2, 0) is 12.8 Å². The fourth-order valence-corrected chi connectivity index (χ4v) is 1.81. The number of hydrogen-bond donors (Lipinski definition) is 0. The van der Waals surface area contributed by atoms with Gasteiger partial charge in [-0.25, -0.2) is 4.39 Å². The maximum Gasteiger partial charge on any atom is 0.389 e. The van der Waals surface area contributed by atoms with Crippen LogP contribution in [0.25, 0.3) is 0 Å². The molecule has 0 saturated carbocycles. The first kappa shape index (κ1) is 15.5. The first-order chi connectivity index (χ1) is 9.83. The lowest BCUT2D eigenvalue weighted by Gasteiger charge is -2.08. The quantitative estimate of drug-likeness (QED) is 0.788. The SMILES string of the molecule is Cc1nnc(C[CH]c2cc(CCC(F)(F)F)ccc2F)o1. The maximum absolute atomic E-state index is 13.6. The van der Waals surface area contributed by atoms with Crippen LogP contribution in [0.3, 0.4) is 0 Å². The fraction of sp³-hybridized carbons (Fsp3) is 0.357. The largest absolute Gasteiger partial charge is 0.426 e. The molecule has 0 aliphatic carbocycles. The highest BCUT2D eigenvalue weighted by Gasteiger charge is 2.26. The van der Waals surface area contributed by atoms with E-state index in [-0.39, 0.29) is 18.4 Å². The van der Waals surface area contributed by atoms with Gasteiger partial charge in [0.05, 0.1) is 0 Å². The third kappa shape index (κ3) is 4.84. The van der Waals surface area contributed by atoms with Crippen molar-refractivity contribution in [3.05, 3.63) is 53.3 Å². The highest BCUT2D eigenvalue weighted by atomic mass is 19.4. The monoisotopic (exact) mass is 301 g/mol. The average molecular weight is 301 g/mol. The maximum atomic E-state index is 13.6. The zero-order valence-corrected chi connectivity index (χ0v) is 11.2. The van der Waals surface area contributed by atoms with Gasteiger partial charge in [0.15, 0.2) is 0 Å². The molecule has 1 aromatic carbocycles. The second kappa shape index (κ2) is 6.24. The summed E-state index contributed by atoms with van der Waals surface area (Å²) in [4.78, 5) is 0. The number of nitrogens with zero attached hydrogens (tertiary/aromatic N) is 2. The molecule has 2 rings (SSSR count). The van der Waals surface area contributed by atoms with Crippen LogP contribution < -0.4 is 0 Å². The van der Waals surface area contributed by atoms with Gasteiger partial charge in [-0.15, -0.1) is 10.2 Å². The van der Waals surface area contributed by atoms with Crippen molar-refractivity contribution < 1.29 is 22.0 Å². The highest BCUT2D eigenvalue weighted by molar-refractivity contribution is 5.31. The average Bonchev–Trinajstić information content (AvgIpc) is 2.81. The van der Waals surface area contributed by atoms with E-state index in [1.54, 1.807) is 6.92 Å². The summed E-state index contributed by atoms with van der Waals surface area (Å²) in [7, 11) is 0. The van der Waals surface area contributed by atoms with Crippen LogP contribution in [0, 0.1) is 19.2 Å². The molecule has 1 heterocycles. The molecule has 0 aliphatic heterocycles. The van der Waals surface area contributed by atoms with E-state index in [1.807, 2.05) is 0 Å². The molecule has 0 unspecified atom stereocenters. The van der Waals surface area contributed by atoms with E-state index in [1.165, 1.54) is 18.6 Å². The minimum absolute atomic E-state index is 0.176. The number of alkyl halides is 3. The zero-order chi connectivity index (χ0) is 15.5. The van der Waals surface area contributed by atoms with Crippen LogP contribution >= 0.6 is 0 Å². The van der Waals surface area contributed by atoms with Crippen LogP contribution in [-0.4, -0.2) is 16.4 Å². The Morgan fingerprint density at radius 2 is 2.00 bits per heavy atom. The molecule has 2 aromatic rings. The van der Waals surface area contributed by atoms with Gasteiger partial charge < -0.3 is 4.42 Å². The fourth-order valence-electron chi connectivity index (χ4n) is 1.81. The van der Waals surface area contributed by atoms with Gasteiger partial charge >= 0.3 is 6.18 Å². The first-order valence-electron chi connectivity index (χ1n) is 6.31. The lowest BCUT2D eigenvalue weighted by Crippen LogP contribution is -2.08. The molecule has 21 heavy (non-hydrogen) atoms. The Labute approximate surface area is 119 Å². The molecule has 3 nitrogen and oxygen atoms in total.